The van der Waals surface area contributed by atoms with E-state index in [1.807, 2.05) is 36.4 Å². The van der Waals surface area contributed by atoms with Crippen molar-refractivity contribution in [2.45, 2.75) is 0 Å². The van der Waals surface area contributed by atoms with Gasteiger partial charge in [-0.3, -0.25) is 0 Å². The van der Waals surface area contributed by atoms with Crippen LogP contribution in [0.2, 0.25) is 0 Å². The Hall–Kier alpha value is -6.17. The fourth-order valence-corrected chi connectivity index (χ4v) is 8.04. The summed E-state index contributed by atoms with van der Waals surface area (Å²) in [5, 5.41) is 6.79. The van der Waals surface area contributed by atoms with Gasteiger partial charge in [-0.05, 0) is 58.3 Å². The Balaban J connectivity index is 1.21. The largest absolute Gasteiger partial charge is 0.456 e. The Kier molecular flexibility index (Phi) is 6.01. The second-order valence-corrected chi connectivity index (χ2v) is 13.1. The third-order valence-electron chi connectivity index (χ3n) is 9.13. The minimum Gasteiger partial charge on any atom is -0.456 e. The monoisotopic (exact) mass is 631 g/mol. The van der Waals surface area contributed by atoms with Crippen LogP contribution in [-0.4, -0.2) is 15.0 Å². The minimum absolute atomic E-state index is 0.616. The molecule has 0 saturated heterocycles. The van der Waals surface area contributed by atoms with Crippen LogP contribution in [0.5, 0.6) is 0 Å². The second kappa shape index (κ2) is 10.7. The molecule has 0 saturated carbocycles. The Morgan fingerprint density at radius 3 is 1.92 bits per heavy atom. The van der Waals surface area contributed by atoms with Gasteiger partial charge in [0.15, 0.2) is 17.5 Å². The quantitative estimate of drug-likeness (QED) is 0.194. The van der Waals surface area contributed by atoms with Crippen LogP contribution in [0.4, 0.5) is 0 Å². The molecule has 5 heteroatoms. The van der Waals surface area contributed by atoms with E-state index in [1.165, 1.54) is 36.7 Å². The summed E-state index contributed by atoms with van der Waals surface area (Å²) in [6, 6.07) is 52.7. The molecule has 0 fully saturated rings. The Morgan fingerprint density at radius 2 is 1.04 bits per heavy atom. The van der Waals surface area contributed by atoms with Crippen LogP contribution < -0.4 is 0 Å². The summed E-state index contributed by atoms with van der Waals surface area (Å²) in [6.45, 7) is 0. The van der Waals surface area contributed by atoms with Gasteiger partial charge in [0, 0.05) is 47.6 Å². The molecule has 3 aromatic heterocycles. The standard InChI is InChI=1S/C43H25N3OS/c1-2-10-26(11-3-1)27-20-21-29-25-30(23-22-28(29)24-27)41-44-42(34-15-9-18-37-39(34)33-13-4-6-17-36(33)47-37)46-43(45-41)35-16-8-14-32-31-12-5-7-19-38(31)48-40(32)35/h1-25H. The molecule has 4 nitrogen and oxygen atoms in total. The van der Waals surface area contributed by atoms with E-state index in [0.29, 0.717) is 17.5 Å². The first-order valence-electron chi connectivity index (χ1n) is 15.9. The molecule has 7 aromatic carbocycles. The van der Waals surface area contributed by atoms with Crippen molar-refractivity contribution in [1.82, 2.24) is 15.0 Å². The molecule has 0 radical (unpaired) electrons. The fraction of sp³-hybridized carbons (Fsp3) is 0. The summed E-state index contributed by atoms with van der Waals surface area (Å²) in [6.07, 6.45) is 0. The van der Waals surface area contributed by atoms with Gasteiger partial charge in [0.05, 0.1) is 0 Å². The summed E-state index contributed by atoms with van der Waals surface area (Å²) in [7, 11) is 0. The highest BCUT2D eigenvalue weighted by Crippen LogP contribution is 2.41. The van der Waals surface area contributed by atoms with Gasteiger partial charge in [-0.1, -0.05) is 115 Å². The van der Waals surface area contributed by atoms with Crippen LogP contribution >= 0.6 is 11.3 Å². The maximum atomic E-state index is 6.26. The number of rotatable bonds is 4. The third kappa shape index (κ3) is 4.33. The molecule has 0 atom stereocenters. The number of nitrogens with zero attached hydrogens (tertiary/aromatic N) is 3. The molecule has 3 heterocycles. The maximum absolute atomic E-state index is 6.26. The average molecular weight is 632 g/mol. The van der Waals surface area contributed by atoms with Crippen LogP contribution in [-0.2, 0) is 0 Å². The van der Waals surface area contributed by atoms with Gasteiger partial charge >= 0.3 is 0 Å². The third-order valence-corrected chi connectivity index (χ3v) is 10.3. The lowest BCUT2D eigenvalue weighted by Crippen LogP contribution is -2.00. The van der Waals surface area contributed by atoms with E-state index in [4.69, 9.17) is 19.4 Å². The van der Waals surface area contributed by atoms with Crippen molar-refractivity contribution in [2.75, 3.05) is 0 Å². The number of aromatic nitrogens is 3. The lowest BCUT2D eigenvalue weighted by atomic mass is 10.00. The molecule has 0 spiro atoms. The summed E-state index contributed by atoms with van der Waals surface area (Å²) >= 11 is 1.78. The lowest BCUT2D eigenvalue weighted by Gasteiger charge is -2.11. The van der Waals surface area contributed by atoms with E-state index in [-0.39, 0.29) is 0 Å². The number of hydrogen-bond donors (Lipinski definition) is 0. The van der Waals surface area contributed by atoms with E-state index in [1.54, 1.807) is 11.3 Å². The molecule has 224 valence electrons. The Morgan fingerprint density at radius 1 is 0.417 bits per heavy atom. The van der Waals surface area contributed by atoms with Crippen molar-refractivity contribution in [3.8, 4) is 45.3 Å². The van der Waals surface area contributed by atoms with E-state index < -0.39 is 0 Å². The van der Waals surface area contributed by atoms with E-state index in [0.717, 1.165) is 44.0 Å². The SMILES string of the molecule is c1ccc(-c2ccc3cc(-c4nc(-c5cccc6c5sc5ccccc56)nc(-c5cccc6oc7ccccc7c56)n4)ccc3c2)cc1. The molecule has 0 aliphatic carbocycles. The predicted molar refractivity (Wildman–Crippen MR) is 199 cm³/mol. The van der Waals surface area contributed by atoms with Crippen molar-refractivity contribution >= 4 is 64.2 Å². The minimum atomic E-state index is 0.616. The molecule has 0 bridgehead atoms. The first kappa shape index (κ1) is 27.0. The van der Waals surface area contributed by atoms with Gasteiger partial charge in [-0.15, -0.1) is 11.3 Å². The van der Waals surface area contributed by atoms with Crippen molar-refractivity contribution < 1.29 is 4.42 Å². The normalized spacial score (nSPS) is 11.8. The van der Waals surface area contributed by atoms with Crippen LogP contribution in [0.15, 0.2) is 156 Å². The van der Waals surface area contributed by atoms with Gasteiger partial charge < -0.3 is 4.42 Å². The van der Waals surface area contributed by atoms with Crippen molar-refractivity contribution in [3.63, 3.8) is 0 Å². The van der Waals surface area contributed by atoms with Gasteiger partial charge in [0.1, 0.15) is 11.2 Å². The number of hydrogen-bond acceptors (Lipinski definition) is 5. The Labute approximate surface area is 279 Å². The topological polar surface area (TPSA) is 51.8 Å². The van der Waals surface area contributed by atoms with Crippen LogP contribution in [0.25, 0.3) is 98.2 Å². The van der Waals surface area contributed by atoms with Crippen LogP contribution in [0.1, 0.15) is 0 Å². The summed E-state index contributed by atoms with van der Waals surface area (Å²) in [4.78, 5) is 15.6. The number of para-hydroxylation sites is 1. The highest BCUT2D eigenvalue weighted by Gasteiger charge is 2.19. The van der Waals surface area contributed by atoms with Crippen LogP contribution in [0, 0.1) is 0 Å². The van der Waals surface area contributed by atoms with Gasteiger partial charge in [-0.2, -0.15) is 0 Å². The highest BCUT2D eigenvalue weighted by atomic mass is 32.1. The Bertz CT molecular complexity index is 2850. The maximum Gasteiger partial charge on any atom is 0.165 e. The highest BCUT2D eigenvalue weighted by molar-refractivity contribution is 7.26. The molecular weight excluding hydrogens is 607 g/mol. The zero-order valence-electron chi connectivity index (χ0n) is 25.6. The number of thiophene rings is 1. The molecule has 0 aliphatic rings. The van der Waals surface area contributed by atoms with Gasteiger partial charge in [0.2, 0.25) is 0 Å². The summed E-state index contributed by atoms with van der Waals surface area (Å²) in [5.74, 6) is 1.90. The number of fused-ring (bicyclic) bond motifs is 7. The van der Waals surface area contributed by atoms with E-state index >= 15 is 0 Å². The number of furan rings is 1. The molecule has 0 amide bonds. The van der Waals surface area contributed by atoms with Gasteiger partial charge in [-0.25, -0.2) is 15.0 Å². The number of benzene rings is 7. The summed E-state index contributed by atoms with van der Waals surface area (Å²) in [5.41, 5.74) is 6.89. The van der Waals surface area contributed by atoms with E-state index in [2.05, 4.69) is 115 Å². The van der Waals surface area contributed by atoms with Gasteiger partial charge in [0.25, 0.3) is 0 Å². The zero-order valence-corrected chi connectivity index (χ0v) is 26.4. The van der Waals surface area contributed by atoms with E-state index in [9.17, 15) is 0 Å². The van der Waals surface area contributed by atoms with Crippen molar-refractivity contribution in [1.29, 1.82) is 0 Å². The van der Waals surface area contributed by atoms with Crippen molar-refractivity contribution in [2.24, 2.45) is 0 Å². The fourth-order valence-electron chi connectivity index (χ4n) is 6.83. The lowest BCUT2D eigenvalue weighted by molar-refractivity contribution is 0.669. The predicted octanol–water partition coefficient (Wildman–Crippen LogP) is 12.0. The molecule has 10 aromatic rings. The molecule has 48 heavy (non-hydrogen) atoms. The molecule has 0 unspecified atom stereocenters. The van der Waals surface area contributed by atoms with Crippen LogP contribution in [0.3, 0.4) is 0 Å². The second-order valence-electron chi connectivity index (χ2n) is 12.0. The molecule has 10 rings (SSSR count). The molecule has 0 aliphatic heterocycles. The first-order chi connectivity index (χ1) is 23.8. The van der Waals surface area contributed by atoms with Crippen molar-refractivity contribution in [3.05, 3.63) is 152 Å². The zero-order chi connectivity index (χ0) is 31.6. The average Bonchev–Trinajstić information content (AvgIpc) is 3.73. The molecular formula is C43H25N3OS. The first-order valence-corrected chi connectivity index (χ1v) is 16.8. The smallest absolute Gasteiger partial charge is 0.165 e. The summed E-state index contributed by atoms with van der Waals surface area (Å²) < 4.78 is 8.67. The molecule has 0 N–H and O–H groups in total.